The fourth-order valence-electron chi connectivity index (χ4n) is 1.88. The van der Waals surface area contributed by atoms with Crippen LogP contribution < -0.4 is 5.32 Å². The molecule has 0 saturated heterocycles. The first kappa shape index (κ1) is 15.2. The second-order valence-electron chi connectivity index (χ2n) is 4.55. The second-order valence-corrected chi connectivity index (χ2v) is 5.47. The van der Waals surface area contributed by atoms with Crippen molar-refractivity contribution in [3.8, 4) is 6.07 Å². The summed E-state index contributed by atoms with van der Waals surface area (Å²) in [5.41, 5.74) is 1.39. The summed E-state index contributed by atoms with van der Waals surface area (Å²) < 4.78 is 14.3. The monoisotopic (exact) mass is 346 g/mol. The van der Waals surface area contributed by atoms with Gasteiger partial charge in [-0.05, 0) is 42.8 Å². The lowest BCUT2D eigenvalue weighted by Gasteiger charge is -2.15. The van der Waals surface area contributed by atoms with Crippen molar-refractivity contribution in [2.24, 2.45) is 0 Å². The molecule has 0 heterocycles. The van der Waals surface area contributed by atoms with Gasteiger partial charge in [-0.1, -0.05) is 28.1 Å². The largest absolute Gasteiger partial charge is 0.345 e. The zero-order chi connectivity index (χ0) is 15.4. The number of rotatable bonds is 3. The van der Waals surface area contributed by atoms with E-state index in [9.17, 15) is 9.18 Å². The zero-order valence-corrected chi connectivity index (χ0v) is 12.8. The van der Waals surface area contributed by atoms with Crippen molar-refractivity contribution >= 4 is 21.8 Å². The average molecular weight is 347 g/mol. The Kier molecular flexibility index (Phi) is 4.71. The molecule has 5 heteroatoms. The van der Waals surface area contributed by atoms with Crippen LogP contribution in [-0.2, 0) is 0 Å². The van der Waals surface area contributed by atoms with Crippen molar-refractivity contribution < 1.29 is 9.18 Å². The van der Waals surface area contributed by atoms with Crippen molar-refractivity contribution in [1.82, 2.24) is 5.32 Å². The molecule has 0 bridgehead atoms. The Morgan fingerprint density at radius 2 is 1.95 bits per heavy atom. The molecule has 0 aliphatic heterocycles. The minimum absolute atomic E-state index is 0.00938. The van der Waals surface area contributed by atoms with Gasteiger partial charge >= 0.3 is 0 Å². The highest BCUT2D eigenvalue weighted by atomic mass is 79.9. The summed E-state index contributed by atoms with van der Waals surface area (Å²) in [6.45, 7) is 1.80. The molecule has 2 aromatic rings. The summed E-state index contributed by atoms with van der Waals surface area (Å²) in [6, 6.07) is 12.8. The fraction of sp³-hybridized carbons (Fsp3) is 0.125. The first-order chi connectivity index (χ1) is 10.0. The highest BCUT2D eigenvalue weighted by Crippen LogP contribution is 2.18. The Morgan fingerprint density at radius 3 is 2.57 bits per heavy atom. The van der Waals surface area contributed by atoms with Crippen LogP contribution in [0.25, 0.3) is 0 Å². The minimum atomic E-state index is -0.567. The maximum atomic E-state index is 13.7. The van der Waals surface area contributed by atoms with E-state index in [1.165, 1.54) is 18.2 Å². The van der Waals surface area contributed by atoms with E-state index in [0.717, 1.165) is 5.56 Å². The molecule has 1 unspecified atom stereocenters. The lowest BCUT2D eigenvalue weighted by molar-refractivity contribution is 0.0935. The third-order valence-corrected chi connectivity index (χ3v) is 3.55. The third-order valence-electron chi connectivity index (χ3n) is 3.06. The van der Waals surface area contributed by atoms with E-state index in [1.807, 2.05) is 6.07 Å². The van der Waals surface area contributed by atoms with Crippen LogP contribution in [-0.4, -0.2) is 5.91 Å². The molecule has 0 aliphatic rings. The van der Waals surface area contributed by atoms with E-state index in [0.29, 0.717) is 10.0 Å². The minimum Gasteiger partial charge on any atom is -0.345 e. The standard InChI is InChI=1S/C16H12BrFN2O/c1-10(12-4-2-11(9-19)3-5-12)20-16(21)14-8-13(17)6-7-15(14)18/h2-8,10H,1H3,(H,20,21). The molecule has 0 fully saturated rings. The van der Waals surface area contributed by atoms with E-state index < -0.39 is 11.7 Å². The van der Waals surface area contributed by atoms with Crippen LogP contribution in [0.2, 0.25) is 0 Å². The molecular weight excluding hydrogens is 335 g/mol. The first-order valence-electron chi connectivity index (χ1n) is 6.27. The molecule has 1 atom stereocenters. The van der Waals surface area contributed by atoms with Crippen molar-refractivity contribution in [2.75, 3.05) is 0 Å². The number of hydrogen-bond acceptors (Lipinski definition) is 2. The molecule has 0 aliphatic carbocycles. The van der Waals surface area contributed by atoms with Crippen molar-refractivity contribution in [3.63, 3.8) is 0 Å². The molecule has 21 heavy (non-hydrogen) atoms. The van der Waals surface area contributed by atoms with Gasteiger partial charge in [-0.15, -0.1) is 0 Å². The number of carbonyl (C=O) groups excluding carboxylic acids is 1. The van der Waals surface area contributed by atoms with Gasteiger partial charge in [0.25, 0.3) is 5.91 Å². The number of halogens is 2. The third kappa shape index (κ3) is 3.67. The van der Waals surface area contributed by atoms with Crippen LogP contribution >= 0.6 is 15.9 Å². The van der Waals surface area contributed by atoms with Crippen LogP contribution in [0, 0.1) is 17.1 Å². The van der Waals surface area contributed by atoms with Crippen LogP contribution in [0.3, 0.4) is 0 Å². The highest BCUT2D eigenvalue weighted by molar-refractivity contribution is 9.10. The summed E-state index contributed by atoms with van der Waals surface area (Å²) in [6.07, 6.45) is 0. The van der Waals surface area contributed by atoms with Gasteiger partial charge in [-0.2, -0.15) is 5.26 Å². The van der Waals surface area contributed by atoms with Gasteiger partial charge in [0, 0.05) is 4.47 Å². The highest BCUT2D eigenvalue weighted by Gasteiger charge is 2.15. The predicted octanol–water partition coefficient (Wildman–Crippen LogP) is 3.95. The Labute approximate surface area is 130 Å². The quantitative estimate of drug-likeness (QED) is 0.914. The summed E-state index contributed by atoms with van der Waals surface area (Å²) in [5, 5.41) is 11.5. The van der Waals surface area contributed by atoms with E-state index in [1.54, 1.807) is 31.2 Å². The Morgan fingerprint density at radius 1 is 1.29 bits per heavy atom. The van der Waals surface area contributed by atoms with E-state index in [-0.39, 0.29) is 11.6 Å². The van der Waals surface area contributed by atoms with Gasteiger partial charge in [-0.3, -0.25) is 4.79 Å². The molecular formula is C16H12BrFN2O. The van der Waals surface area contributed by atoms with Crippen molar-refractivity contribution in [2.45, 2.75) is 13.0 Å². The Balaban J connectivity index is 2.14. The number of carbonyl (C=O) groups is 1. The molecule has 2 aromatic carbocycles. The van der Waals surface area contributed by atoms with Gasteiger partial charge in [0.05, 0.1) is 23.2 Å². The van der Waals surface area contributed by atoms with Gasteiger partial charge in [0.15, 0.2) is 0 Å². The van der Waals surface area contributed by atoms with Gasteiger partial charge in [-0.25, -0.2) is 4.39 Å². The van der Waals surface area contributed by atoms with Crippen molar-refractivity contribution in [1.29, 1.82) is 5.26 Å². The van der Waals surface area contributed by atoms with Crippen LogP contribution in [0.15, 0.2) is 46.9 Å². The maximum absolute atomic E-state index is 13.7. The Hall–Kier alpha value is -2.19. The molecule has 3 nitrogen and oxygen atoms in total. The fourth-order valence-corrected chi connectivity index (χ4v) is 2.24. The van der Waals surface area contributed by atoms with Crippen LogP contribution in [0.5, 0.6) is 0 Å². The number of nitrogens with zero attached hydrogens (tertiary/aromatic N) is 1. The number of benzene rings is 2. The molecule has 106 valence electrons. The van der Waals surface area contributed by atoms with E-state index in [2.05, 4.69) is 21.2 Å². The molecule has 0 aromatic heterocycles. The SMILES string of the molecule is CC(NC(=O)c1cc(Br)ccc1F)c1ccc(C#N)cc1. The van der Waals surface area contributed by atoms with Crippen LogP contribution in [0.1, 0.15) is 34.5 Å². The van der Waals surface area contributed by atoms with Gasteiger partial charge in [0.2, 0.25) is 0 Å². The van der Waals surface area contributed by atoms with E-state index in [4.69, 9.17) is 5.26 Å². The number of nitrogens with one attached hydrogen (secondary N) is 1. The first-order valence-corrected chi connectivity index (χ1v) is 7.06. The number of hydrogen-bond donors (Lipinski definition) is 1. The van der Waals surface area contributed by atoms with Crippen LogP contribution in [0.4, 0.5) is 4.39 Å². The Bertz CT molecular complexity index is 707. The number of nitriles is 1. The maximum Gasteiger partial charge on any atom is 0.254 e. The molecule has 0 spiro atoms. The predicted molar refractivity (Wildman–Crippen MR) is 81.1 cm³/mol. The molecule has 2 rings (SSSR count). The smallest absolute Gasteiger partial charge is 0.254 e. The van der Waals surface area contributed by atoms with Crippen molar-refractivity contribution in [3.05, 3.63) is 69.4 Å². The molecule has 1 amide bonds. The summed E-state index contributed by atoms with van der Waals surface area (Å²) in [7, 11) is 0. The topological polar surface area (TPSA) is 52.9 Å². The van der Waals surface area contributed by atoms with Gasteiger partial charge in [0.1, 0.15) is 5.82 Å². The average Bonchev–Trinajstić information content (AvgIpc) is 2.49. The summed E-state index contributed by atoms with van der Waals surface area (Å²) in [4.78, 5) is 12.1. The zero-order valence-electron chi connectivity index (χ0n) is 11.2. The summed E-state index contributed by atoms with van der Waals surface area (Å²) in [5.74, 6) is -1.05. The van der Waals surface area contributed by atoms with Gasteiger partial charge < -0.3 is 5.32 Å². The number of amides is 1. The second kappa shape index (κ2) is 6.51. The molecule has 0 radical (unpaired) electrons. The van der Waals surface area contributed by atoms with E-state index >= 15 is 0 Å². The normalized spacial score (nSPS) is 11.5. The molecule has 1 N–H and O–H groups in total. The lowest BCUT2D eigenvalue weighted by atomic mass is 10.1. The molecule has 0 saturated carbocycles. The summed E-state index contributed by atoms with van der Waals surface area (Å²) >= 11 is 3.21. The lowest BCUT2D eigenvalue weighted by Crippen LogP contribution is -2.27.